The van der Waals surface area contributed by atoms with Crippen LogP contribution in [0.25, 0.3) is 0 Å². The van der Waals surface area contributed by atoms with Crippen LogP contribution in [0.4, 0.5) is 0 Å². The number of aliphatic carboxylic acids is 1. The van der Waals surface area contributed by atoms with Crippen LogP contribution in [0.3, 0.4) is 0 Å². The van der Waals surface area contributed by atoms with Crippen molar-refractivity contribution in [1.82, 2.24) is 5.32 Å². The Hall–Kier alpha value is -0.280. The van der Waals surface area contributed by atoms with E-state index in [1.165, 1.54) is 0 Å². The van der Waals surface area contributed by atoms with E-state index in [-0.39, 0.29) is 18.4 Å². The van der Waals surface area contributed by atoms with E-state index in [2.05, 4.69) is 5.32 Å². The number of halogens is 1. The van der Waals surface area contributed by atoms with Gasteiger partial charge in [0.15, 0.2) is 0 Å². The third-order valence-electron chi connectivity index (χ3n) is 1.05. The van der Waals surface area contributed by atoms with Gasteiger partial charge in [-0.1, -0.05) is 6.92 Å². The second kappa shape index (κ2) is 5.85. The summed E-state index contributed by atoms with van der Waals surface area (Å²) in [6.45, 7) is 1.83. The molecule has 1 atom stereocenters. The van der Waals surface area contributed by atoms with E-state index in [1.54, 1.807) is 7.05 Å². The van der Waals surface area contributed by atoms with Gasteiger partial charge in [-0.3, -0.25) is 4.79 Å². The number of hydrogen-bond donors (Lipinski definition) is 2. The molecule has 0 saturated heterocycles. The van der Waals surface area contributed by atoms with Gasteiger partial charge in [0.1, 0.15) is 6.04 Å². The average Bonchev–Trinajstić information content (AvgIpc) is 1.69. The Bertz CT molecular complexity index is 83.0. The fourth-order valence-corrected chi connectivity index (χ4v) is 0.502. The Kier molecular flexibility index (Phi) is 7.48. The van der Waals surface area contributed by atoms with E-state index in [0.717, 1.165) is 0 Å². The fourth-order valence-electron chi connectivity index (χ4n) is 0.502. The van der Waals surface area contributed by atoms with Gasteiger partial charge in [-0.15, -0.1) is 12.4 Å². The zero-order chi connectivity index (χ0) is 6.57. The molecule has 56 valence electrons. The van der Waals surface area contributed by atoms with Crippen LogP contribution in [0.2, 0.25) is 0 Å². The van der Waals surface area contributed by atoms with Gasteiger partial charge in [0, 0.05) is 0 Å². The van der Waals surface area contributed by atoms with Gasteiger partial charge >= 0.3 is 5.97 Å². The average molecular weight is 154 g/mol. The predicted molar refractivity (Wildman–Crippen MR) is 38.0 cm³/mol. The Balaban J connectivity index is 0. The zero-order valence-electron chi connectivity index (χ0n) is 5.55. The zero-order valence-corrected chi connectivity index (χ0v) is 6.36. The monoisotopic (exact) mass is 153 g/mol. The lowest BCUT2D eigenvalue weighted by molar-refractivity contribution is -0.139. The molecule has 9 heavy (non-hydrogen) atoms. The maximum absolute atomic E-state index is 10.1. The molecule has 0 unspecified atom stereocenters. The molecular weight excluding hydrogens is 142 g/mol. The van der Waals surface area contributed by atoms with Crippen molar-refractivity contribution in [3.05, 3.63) is 0 Å². The van der Waals surface area contributed by atoms with Crippen molar-refractivity contribution in [2.45, 2.75) is 19.4 Å². The maximum Gasteiger partial charge on any atom is 0.320 e. The van der Waals surface area contributed by atoms with Crippen molar-refractivity contribution < 1.29 is 9.90 Å². The first-order valence-electron chi connectivity index (χ1n) is 2.62. The number of rotatable bonds is 3. The summed E-state index contributed by atoms with van der Waals surface area (Å²) in [4.78, 5) is 10.1. The maximum atomic E-state index is 10.1. The smallest absolute Gasteiger partial charge is 0.320 e. The molecule has 0 rings (SSSR count). The number of nitrogens with one attached hydrogen (secondary N) is 1. The molecule has 0 aliphatic rings. The number of likely N-dealkylation sites (N-methyl/N-ethyl adjacent to an activating group) is 1. The van der Waals surface area contributed by atoms with Crippen molar-refractivity contribution in [2.24, 2.45) is 0 Å². The lowest BCUT2D eigenvalue weighted by atomic mass is 10.2. The fraction of sp³-hybridized carbons (Fsp3) is 0.800. The summed E-state index contributed by atoms with van der Waals surface area (Å²) in [5.41, 5.74) is 0. The highest BCUT2D eigenvalue weighted by atomic mass is 35.5. The van der Waals surface area contributed by atoms with E-state index >= 15 is 0 Å². The highest BCUT2D eigenvalue weighted by molar-refractivity contribution is 5.85. The van der Waals surface area contributed by atoms with Gasteiger partial charge in [0.05, 0.1) is 0 Å². The molecule has 0 saturated carbocycles. The molecule has 0 aromatic carbocycles. The van der Waals surface area contributed by atoms with E-state index < -0.39 is 5.97 Å². The Labute approximate surface area is 60.9 Å². The van der Waals surface area contributed by atoms with Gasteiger partial charge in [0.2, 0.25) is 0 Å². The normalized spacial score (nSPS) is 11.8. The molecular formula is C5H12ClNO2. The van der Waals surface area contributed by atoms with Crippen molar-refractivity contribution in [3.8, 4) is 0 Å². The topological polar surface area (TPSA) is 49.3 Å². The third kappa shape index (κ3) is 4.24. The summed E-state index contributed by atoms with van der Waals surface area (Å²) >= 11 is 0. The molecule has 4 heteroatoms. The number of carboxylic acid groups (broad SMARTS) is 1. The molecule has 0 aromatic heterocycles. The Morgan fingerprint density at radius 1 is 1.78 bits per heavy atom. The minimum absolute atomic E-state index is 0. The summed E-state index contributed by atoms with van der Waals surface area (Å²) < 4.78 is 0. The second-order valence-electron chi connectivity index (χ2n) is 1.59. The molecule has 0 heterocycles. The van der Waals surface area contributed by atoms with Crippen LogP contribution >= 0.6 is 12.4 Å². The van der Waals surface area contributed by atoms with Crippen molar-refractivity contribution in [2.75, 3.05) is 7.05 Å². The van der Waals surface area contributed by atoms with Crippen LogP contribution in [-0.2, 0) is 4.79 Å². The summed E-state index contributed by atoms with van der Waals surface area (Å²) in [5.74, 6) is -0.782. The molecule has 0 radical (unpaired) electrons. The first-order chi connectivity index (χ1) is 3.72. The first-order valence-corrected chi connectivity index (χ1v) is 2.62. The van der Waals surface area contributed by atoms with Crippen LogP contribution in [0, 0.1) is 0 Å². The van der Waals surface area contributed by atoms with Gasteiger partial charge < -0.3 is 10.4 Å². The van der Waals surface area contributed by atoms with Crippen molar-refractivity contribution in [3.63, 3.8) is 0 Å². The Morgan fingerprint density at radius 2 is 2.22 bits per heavy atom. The number of hydrogen-bond acceptors (Lipinski definition) is 2. The van der Waals surface area contributed by atoms with Gasteiger partial charge in [-0.25, -0.2) is 0 Å². The van der Waals surface area contributed by atoms with E-state index in [4.69, 9.17) is 5.11 Å². The lowest BCUT2D eigenvalue weighted by Crippen LogP contribution is -2.32. The molecule has 0 spiro atoms. The van der Waals surface area contributed by atoms with Crippen LogP contribution < -0.4 is 5.32 Å². The third-order valence-corrected chi connectivity index (χ3v) is 1.05. The van der Waals surface area contributed by atoms with Crippen LogP contribution in [-0.4, -0.2) is 24.2 Å². The highest BCUT2D eigenvalue weighted by Gasteiger charge is 2.09. The molecule has 0 amide bonds. The SMILES string of the molecule is CC[C@@H](NC)C(=O)O.Cl. The second-order valence-corrected chi connectivity index (χ2v) is 1.59. The predicted octanol–water partition coefficient (Wildman–Crippen LogP) is 0.491. The summed E-state index contributed by atoms with van der Waals surface area (Å²) in [5, 5.41) is 11.0. The number of carbonyl (C=O) groups is 1. The molecule has 2 N–H and O–H groups in total. The summed E-state index contributed by atoms with van der Waals surface area (Å²) in [6, 6.07) is -0.380. The van der Waals surface area contributed by atoms with Crippen LogP contribution in [0.1, 0.15) is 13.3 Å². The first kappa shape index (κ1) is 11.5. The van der Waals surface area contributed by atoms with E-state index in [9.17, 15) is 4.79 Å². The highest BCUT2D eigenvalue weighted by Crippen LogP contribution is 1.86. The van der Waals surface area contributed by atoms with Crippen molar-refractivity contribution in [1.29, 1.82) is 0 Å². The molecule has 0 aromatic rings. The van der Waals surface area contributed by atoms with E-state index in [0.29, 0.717) is 6.42 Å². The molecule has 3 nitrogen and oxygen atoms in total. The Morgan fingerprint density at radius 3 is 2.22 bits per heavy atom. The quantitative estimate of drug-likeness (QED) is 0.621. The standard InChI is InChI=1S/C5H11NO2.ClH/c1-3-4(6-2)5(7)8;/h4,6H,3H2,1-2H3,(H,7,8);1H/t4-;/m1./s1. The molecule has 0 bridgehead atoms. The number of carboxylic acids is 1. The molecule has 0 aliphatic carbocycles. The molecule has 0 aliphatic heterocycles. The lowest BCUT2D eigenvalue weighted by Gasteiger charge is -2.05. The minimum Gasteiger partial charge on any atom is -0.480 e. The van der Waals surface area contributed by atoms with Gasteiger partial charge in [-0.05, 0) is 13.5 Å². The van der Waals surface area contributed by atoms with Crippen LogP contribution in [0.5, 0.6) is 0 Å². The minimum atomic E-state index is -0.782. The van der Waals surface area contributed by atoms with E-state index in [1.807, 2.05) is 6.92 Å². The van der Waals surface area contributed by atoms with Crippen LogP contribution in [0.15, 0.2) is 0 Å². The molecule has 0 fully saturated rings. The summed E-state index contributed by atoms with van der Waals surface area (Å²) in [7, 11) is 1.64. The summed E-state index contributed by atoms with van der Waals surface area (Å²) in [6.07, 6.45) is 0.631. The largest absolute Gasteiger partial charge is 0.480 e. The van der Waals surface area contributed by atoms with Gasteiger partial charge in [-0.2, -0.15) is 0 Å². The van der Waals surface area contributed by atoms with Gasteiger partial charge in [0.25, 0.3) is 0 Å². The van der Waals surface area contributed by atoms with Crippen molar-refractivity contribution >= 4 is 18.4 Å².